The summed E-state index contributed by atoms with van der Waals surface area (Å²) in [5.74, 6) is -0.367. The molecule has 1 N–H and O–H groups in total. The zero-order chi connectivity index (χ0) is 19.3. The van der Waals surface area contributed by atoms with Crippen molar-refractivity contribution >= 4 is 27.8 Å². The van der Waals surface area contributed by atoms with Crippen molar-refractivity contribution in [2.45, 2.75) is 0 Å². The number of pyridine rings is 1. The molecule has 0 spiro atoms. The number of oxazole rings is 1. The van der Waals surface area contributed by atoms with Gasteiger partial charge in [-0.05, 0) is 23.6 Å². The molecule has 0 bridgehead atoms. The van der Waals surface area contributed by atoms with Crippen molar-refractivity contribution in [2.24, 2.45) is 0 Å². The summed E-state index contributed by atoms with van der Waals surface area (Å²) in [5.41, 5.74) is 2.68. The van der Waals surface area contributed by atoms with E-state index in [2.05, 4.69) is 16.0 Å². The molecule has 2 heterocycles. The molecule has 0 saturated carbocycles. The van der Waals surface area contributed by atoms with E-state index in [9.17, 15) is 4.79 Å². The molecular formula is C23H15IrN2O3-. The number of fused-ring (bicyclic) bond motifs is 2. The second-order valence-corrected chi connectivity index (χ2v) is 5.95. The standard InChI is InChI=1S/C13H8NO.C10H7NO2.Ir/c1-2-6-10(7-3-1)13-14-11-8-4-5-9-12(11)15-13;12-10(13)9-8-4-2-1-3-7(8)5-6-11-9;/h1-6,8-9H;1-6H,(H,12,13);/q-1;;. The second-order valence-electron chi connectivity index (χ2n) is 5.95. The number of carbonyl (C=O) groups is 1. The molecule has 2 aromatic heterocycles. The Hall–Kier alpha value is -3.34. The summed E-state index contributed by atoms with van der Waals surface area (Å²) in [5, 5.41) is 10.4. The molecule has 145 valence electrons. The van der Waals surface area contributed by atoms with E-state index in [0.717, 1.165) is 22.0 Å². The molecule has 5 nitrogen and oxygen atoms in total. The van der Waals surface area contributed by atoms with Gasteiger partial charge in [-0.2, -0.15) is 0 Å². The molecule has 5 aromatic rings. The third-order valence-electron chi connectivity index (χ3n) is 4.11. The first-order valence-electron chi connectivity index (χ1n) is 8.62. The Balaban J connectivity index is 0.000000162. The van der Waals surface area contributed by atoms with E-state index >= 15 is 0 Å². The summed E-state index contributed by atoms with van der Waals surface area (Å²) in [6.07, 6.45) is 1.51. The number of aromatic carboxylic acids is 1. The van der Waals surface area contributed by atoms with E-state index in [1.165, 1.54) is 6.20 Å². The average molecular weight is 560 g/mol. The van der Waals surface area contributed by atoms with Crippen LogP contribution >= 0.6 is 0 Å². The molecule has 1 radical (unpaired) electrons. The van der Waals surface area contributed by atoms with Crippen LogP contribution in [0.4, 0.5) is 0 Å². The van der Waals surface area contributed by atoms with Crippen LogP contribution in [-0.2, 0) is 20.1 Å². The van der Waals surface area contributed by atoms with Crippen LogP contribution in [0.3, 0.4) is 0 Å². The second kappa shape index (κ2) is 9.24. The maximum absolute atomic E-state index is 10.8. The van der Waals surface area contributed by atoms with Gasteiger partial charge >= 0.3 is 5.97 Å². The maximum atomic E-state index is 10.8. The Labute approximate surface area is 180 Å². The molecule has 0 aliphatic carbocycles. The minimum absolute atomic E-state index is 0. The van der Waals surface area contributed by atoms with Gasteiger partial charge in [0.25, 0.3) is 0 Å². The van der Waals surface area contributed by atoms with E-state index in [4.69, 9.17) is 9.52 Å². The first kappa shape index (κ1) is 20.4. The Bertz CT molecular complexity index is 1210. The van der Waals surface area contributed by atoms with Crippen LogP contribution in [-0.4, -0.2) is 21.0 Å². The molecular weight excluding hydrogens is 544 g/mol. The third kappa shape index (κ3) is 4.57. The van der Waals surface area contributed by atoms with Crippen molar-refractivity contribution < 1.29 is 34.4 Å². The van der Waals surface area contributed by atoms with Crippen molar-refractivity contribution in [1.82, 2.24) is 9.97 Å². The number of rotatable bonds is 2. The van der Waals surface area contributed by atoms with Crippen LogP contribution in [0.15, 0.2) is 89.5 Å². The van der Waals surface area contributed by atoms with Gasteiger partial charge < -0.3 is 9.52 Å². The van der Waals surface area contributed by atoms with Gasteiger partial charge in [-0.25, -0.2) is 9.78 Å². The number of nitrogens with zero attached hydrogens (tertiary/aromatic N) is 2. The molecule has 29 heavy (non-hydrogen) atoms. The minimum atomic E-state index is -0.989. The van der Waals surface area contributed by atoms with E-state index in [1.807, 2.05) is 60.7 Å². The van der Waals surface area contributed by atoms with Gasteiger partial charge in [-0.1, -0.05) is 42.0 Å². The minimum Gasteiger partial charge on any atom is -0.481 e. The quantitative estimate of drug-likeness (QED) is 0.300. The Kier molecular flexibility index (Phi) is 6.50. The Morgan fingerprint density at radius 1 is 0.931 bits per heavy atom. The van der Waals surface area contributed by atoms with Gasteiger partial charge in [0.2, 0.25) is 0 Å². The largest absolute Gasteiger partial charge is 0.481 e. The molecule has 0 fully saturated rings. The van der Waals surface area contributed by atoms with Crippen molar-refractivity contribution in [3.8, 4) is 11.5 Å². The fraction of sp³-hybridized carbons (Fsp3) is 0. The predicted octanol–water partition coefficient (Wildman–Crippen LogP) is 5.23. The molecule has 3 aromatic carbocycles. The molecule has 0 saturated heterocycles. The van der Waals surface area contributed by atoms with Crippen molar-refractivity contribution in [2.75, 3.05) is 0 Å². The Morgan fingerprint density at radius 2 is 1.69 bits per heavy atom. The number of hydrogen-bond acceptors (Lipinski definition) is 4. The topological polar surface area (TPSA) is 76.2 Å². The fourth-order valence-corrected chi connectivity index (χ4v) is 2.80. The molecule has 6 heteroatoms. The van der Waals surface area contributed by atoms with Gasteiger partial charge in [-0.15, -0.1) is 30.3 Å². The summed E-state index contributed by atoms with van der Waals surface area (Å²) in [4.78, 5) is 18.9. The molecule has 0 unspecified atom stereocenters. The zero-order valence-corrected chi connectivity index (χ0v) is 17.5. The van der Waals surface area contributed by atoms with Crippen LogP contribution in [0.1, 0.15) is 10.5 Å². The summed E-state index contributed by atoms with van der Waals surface area (Å²) in [6.45, 7) is 0. The van der Waals surface area contributed by atoms with Crippen LogP contribution < -0.4 is 0 Å². The smallest absolute Gasteiger partial charge is 0.355 e. The van der Waals surface area contributed by atoms with Crippen molar-refractivity contribution in [3.05, 3.63) is 96.8 Å². The van der Waals surface area contributed by atoms with E-state index < -0.39 is 5.97 Å². The van der Waals surface area contributed by atoms with E-state index in [0.29, 0.717) is 11.3 Å². The van der Waals surface area contributed by atoms with Crippen molar-refractivity contribution in [3.63, 3.8) is 0 Å². The fourth-order valence-electron chi connectivity index (χ4n) is 2.80. The molecule has 0 atom stereocenters. The number of carboxylic acid groups (broad SMARTS) is 1. The molecule has 0 aliphatic rings. The van der Waals surface area contributed by atoms with Gasteiger partial charge in [0.15, 0.2) is 5.69 Å². The summed E-state index contributed by atoms with van der Waals surface area (Å²) < 4.78 is 5.61. The maximum Gasteiger partial charge on any atom is 0.355 e. The summed E-state index contributed by atoms with van der Waals surface area (Å²) in [7, 11) is 0. The summed E-state index contributed by atoms with van der Waals surface area (Å²) >= 11 is 0. The molecule has 0 aliphatic heterocycles. The SMILES string of the molecule is O=C(O)c1nccc2ccccc12.[Ir].[c-]1ccccc1-c1nc2ccccc2o1. The van der Waals surface area contributed by atoms with Gasteiger partial charge in [0, 0.05) is 31.7 Å². The predicted molar refractivity (Wildman–Crippen MR) is 107 cm³/mol. The normalized spacial score (nSPS) is 10.1. The third-order valence-corrected chi connectivity index (χ3v) is 4.11. The number of carboxylic acids is 1. The molecule has 5 rings (SSSR count). The van der Waals surface area contributed by atoms with Crippen LogP contribution in [0.2, 0.25) is 0 Å². The van der Waals surface area contributed by atoms with E-state index in [1.54, 1.807) is 18.2 Å². The number of hydrogen-bond donors (Lipinski definition) is 1. The van der Waals surface area contributed by atoms with Gasteiger partial charge in [-0.3, -0.25) is 4.98 Å². The number of aromatic nitrogens is 2. The van der Waals surface area contributed by atoms with Crippen LogP contribution in [0.25, 0.3) is 33.3 Å². The van der Waals surface area contributed by atoms with Crippen LogP contribution in [0.5, 0.6) is 0 Å². The van der Waals surface area contributed by atoms with Crippen molar-refractivity contribution in [1.29, 1.82) is 0 Å². The average Bonchev–Trinajstić information content (AvgIpc) is 3.19. The van der Waals surface area contributed by atoms with E-state index in [-0.39, 0.29) is 25.8 Å². The van der Waals surface area contributed by atoms with Gasteiger partial charge in [0.1, 0.15) is 11.5 Å². The van der Waals surface area contributed by atoms with Crippen LogP contribution in [0, 0.1) is 6.07 Å². The first-order valence-corrected chi connectivity index (χ1v) is 8.62. The van der Waals surface area contributed by atoms with Gasteiger partial charge in [0.05, 0.1) is 5.52 Å². The monoisotopic (exact) mass is 560 g/mol. The number of para-hydroxylation sites is 2. The number of benzene rings is 3. The first-order chi connectivity index (χ1) is 13.7. The zero-order valence-electron chi connectivity index (χ0n) is 15.1. The molecule has 0 amide bonds. The summed E-state index contributed by atoms with van der Waals surface area (Å²) in [6, 6.07) is 27.6. The Morgan fingerprint density at radius 3 is 2.45 bits per heavy atom.